The zero-order valence-corrected chi connectivity index (χ0v) is 18.4. The normalized spacial score (nSPS) is 15.3. The first-order valence-corrected chi connectivity index (χ1v) is 10.9. The number of rotatable bonds is 7. The molecule has 0 radical (unpaired) electrons. The number of H-pyrrole nitrogens is 1. The molecule has 1 aromatic carbocycles. The van der Waals surface area contributed by atoms with Crippen LogP contribution in [0.1, 0.15) is 29.8 Å². The summed E-state index contributed by atoms with van der Waals surface area (Å²) in [7, 11) is 0. The molecule has 3 heterocycles. The monoisotopic (exact) mass is 452 g/mol. The Bertz CT molecular complexity index is 1150. The topological polar surface area (TPSA) is 127 Å². The molecule has 158 valence electrons. The molecule has 0 spiro atoms. The van der Waals surface area contributed by atoms with E-state index in [1.54, 1.807) is 11.1 Å². The highest BCUT2D eigenvalue weighted by Gasteiger charge is 2.31. The number of benzene rings is 1. The fourth-order valence-electron chi connectivity index (χ4n) is 3.05. The first-order chi connectivity index (χ1) is 15.0. The number of nitrogens with two attached hydrogens (primary N) is 1. The van der Waals surface area contributed by atoms with Crippen LogP contribution in [0.4, 0.5) is 5.82 Å². The van der Waals surface area contributed by atoms with Crippen LogP contribution in [0, 0.1) is 6.92 Å². The number of unbranched alkanes of at least 4 members (excludes halogenated alkanes) is 1. The van der Waals surface area contributed by atoms with Gasteiger partial charge in [0, 0.05) is 30.3 Å². The van der Waals surface area contributed by atoms with Crippen LogP contribution in [0.25, 0.3) is 17.5 Å². The Balaban J connectivity index is 1.43. The van der Waals surface area contributed by atoms with Gasteiger partial charge < -0.3 is 5.73 Å². The van der Waals surface area contributed by atoms with Gasteiger partial charge in [0.25, 0.3) is 5.91 Å². The third kappa shape index (κ3) is 4.94. The highest BCUT2D eigenvalue weighted by Crippen LogP contribution is 2.33. The number of hydrogen-bond acceptors (Lipinski definition) is 9. The van der Waals surface area contributed by atoms with Crippen LogP contribution in [-0.4, -0.2) is 52.3 Å². The van der Waals surface area contributed by atoms with Gasteiger partial charge in [-0.1, -0.05) is 47.4 Å². The van der Waals surface area contributed by atoms with E-state index in [1.807, 2.05) is 37.3 Å². The number of aromatic amines is 1. The van der Waals surface area contributed by atoms with Crippen LogP contribution < -0.4 is 5.73 Å². The molecule has 9 nitrogen and oxygen atoms in total. The summed E-state index contributed by atoms with van der Waals surface area (Å²) < 4.78 is 0.571. The van der Waals surface area contributed by atoms with Crippen molar-refractivity contribution in [3.05, 3.63) is 52.3 Å². The van der Waals surface area contributed by atoms with Crippen molar-refractivity contribution in [2.45, 2.75) is 26.2 Å². The number of anilines is 1. The zero-order valence-electron chi connectivity index (χ0n) is 16.8. The quantitative estimate of drug-likeness (QED) is 0.316. The number of amides is 1. The number of thiocarbonyl (C=S) groups is 1. The molecular weight excluding hydrogens is 432 g/mol. The lowest BCUT2D eigenvalue weighted by molar-refractivity contribution is -0.122. The number of hydrogen-bond donors (Lipinski definition) is 2. The Morgan fingerprint density at radius 1 is 1.32 bits per heavy atom. The number of thioether (sulfide) groups is 1. The molecule has 0 unspecified atom stereocenters. The summed E-state index contributed by atoms with van der Waals surface area (Å²) in [6, 6.07) is 7.68. The summed E-state index contributed by atoms with van der Waals surface area (Å²) in [4.78, 5) is 23.8. The lowest BCUT2D eigenvalue weighted by atomic mass is 10.1. The molecule has 1 aliphatic rings. The van der Waals surface area contributed by atoms with Gasteiger partial charge in [0.15, 0.2) is 11.6 Å². The smallest absolute Gasteiger partial charge is 0.266 e. The van der Waals surface area contributed by atoms with Crippen LogP contribution >= 0.6 is 24.0 Å². The molecule has 1 fully saturated rings. The zero-order chi connectivity index (χ0) is 21.8. The lowest BCUT2D eigenvalue weighted by Gasteiger charge is -2.13. The Kier molecular flexibility index (Phi) is 6.33. The molecular formula is C20H20N8OS2. The van der Waals surface area contributed by atoms with E-state index in [0.29, 0.717) is 39.7 Å². The highest BCUT2D eigenvalue weighted by atomic mass is 32.2. The standard InChI is InChI=1S/C20H20N8OS2/c1-12-11-22-18(23-17(12)21)14-6-4-5-13(9-14)10-15-19(29)28(20(30)31-15)8-3-2-7-16-24-26-27-25-16/h4-6,9-11H,2-3,7-8H2,1H3,(H2,21,22,23)(H,24,25,26,27)/b15-10-. The number of tetrazole rings is 1. The third-order valence-corrected chi connectivity index (χ3v) is 6.13. The molecule has 0 atom stereocenters. The minimum Gasteiger partial charge on any atom is -0.383 e. The molecule has 4 rings (SSSR count). The molecule has 1 aliphatic heterocycles. The molecule has 1 amide bonds. The molecule has 11 heteroatoms. The fraction of sp³-hybridized carbons (Fsp3) is 0.250. The molecule has 0 aliphatic carbocycles. The third-order valence-electron chi connectivity index (χ3n) is 4.75. The highest BCUT2D eigenvalue weighted by molar-refractivity contribution is 8.26. The molecule has 31 heavy (non-hydrogen) atoms. The van der Waals surface area contributed by atoms with Crippen LogP contribution in [-0.2, 0) is 11.2 Å². The van der Waals surface area contributed by atoms with Crippen molar-refractivity contribution in [3.8, 4) is 11.4 Å². The number of carbonyl (C=O) groups excluding carboxylic acids is 1. The summed E-state index contributed by atoms with van der Waals surface area (Å²) in [5.74, 6) is 1.60. The van der Waals surface area contributed by atoms with Crippen molar-refractivity contribution >= 4 is 46.1 Å². The largest absolute Gasteiger partial charge is 0.383 e. The second-order valence-electron chi connectivity index (χ2n) is 7.01. The van der Waals surface area contributed by atoms with Crippen molar-refractivity contribution in [2.75, 3.05) is 12.3 Å². The Hall–Kier alpha value is -3.18. The SMILES string of the molecule is Cc1cnc(-c2cccc(/C=C3\SC(=S)N(CCCCc4nn[nH]n4)C3=O)c2)nc1N. The van der Waals surface area contributed by atoms with E-state index in [-0.39, 0.29) is 5.91 Å². The average Bonchev–Trinajstić information content (AvgIpc) is 3.37. The van der Waals surface area contributed by atoms with Gasteiger partial charge in [0.1, 0.15) is 10.1 Å². The van der Waals surface area contributed by atoms with E-state index in [4.69, 9.17) is 18.0 Å². The number of nitrogens with zero attached hydrogens (tertiary/aromatic N) is 6. The number of carbonyl (C=O) groups is 1. The van der Waals surface area contributed by atoms with Crippen LogP contribution in [0.15, 0.2) is 35.4 Å². The summed E-state index contributed by atoms with van der Waals surface area (Å²) in [5, 5.41) is 13.8. The maximum atomic E-state index is 12.8. The first kappa shape index (κ1) is 21.1. The van der Waals surface area contributed by atoms with E-state index < -0.39 is 0 Å². The van der Waals surface area contributed by atoms with Crippen molar-refractivity contribution < 1.29 is 4.79 Å². The van der Waals surface area contributed by atoms with E-state index in [1.165, 1.54) is 11.8 Å². The van der Waals surface area contributed by atoms with Gasteiger partial charge in [-0.15, -0.1) is 10.2 Å². The summed E-state index contributed by atoms with van der Waals surface area (Å²) in [5.41, 5.74) is 8.45. The molecule has 2 aromatic heterocycles. The van der Waals surface area contributed by atoms with Gasteiger partial charge in [-0.2, -0.15) is 5.21 Å². The molecule has 1 saturated heterocycles. The maximum Gasteiger partial charge on any atom is 0.266 e. The predicted molar refractivity (Wildman–Crippen MR) is 124 cm³/mol. The van der Waals surface area contributed by atoms with Crippen molar-refractivity contribution in [2.24, 2.45) is 0 Å². The van der Waals surface area contributed by atoms with Crippen LogP contribution in [0.3, 0.4) is 0 Å². The summed E-state index contributed by atoms with van der Waals surface area (Å²) >= 11 is 6.74. The summed E-state index contributed by atoms with van der Waals surface area (Å²) in [6.07, 6.45) is 5.90. The van der Waals surface area contributed by atoms with Gasteiger partial charge in [0.2, 0.25) is 0 Å². The minimum absolute atomic E-state index is 0.0733. The van der Waals surface area contributed by atoms with Gasteiger partial charge >= 0.3 is 0 Å². The Morgan fingerprint density at radius 2 is 2.19 bits per heavy atom. The molecule has 0 saturated carbocycles. The van der Waals surface area contributed by atoms with E-state index >= 15 is 0 Å². The Labute approximate surface area is 188 Å². The number of nitrogen functional groups attached to an aromatic ring is 1. The molecule has 3 aromatic rings. The van der Waals surface area contributed by atoms with E-state index in [0.717, 1.165) is 29.5 Å². The average molecular weight is 453 g/mol. The Morgan fingerprint density at radius 3 is 2.97 bits per heavy atom. The summed E-state index contributed by atoms with van der Waals surface area (Å²) in [6.45, 7) is 2.43. The van der Waals surface area contributed by atoms with Crippen molar-refractivity contribution in [3.63, 3.8) is 0 Å². The van der Waals surface area contributed by atoms with E-state index in [2.05, 4.69) is 30.6 Å². The fourth-order valence-corrected chi connectivity index (χ4v) is 4.36. The second kappa shape index (κ2) is 9.31. The van der Waals surface area contributed by atoms with Crippen molar-refractivity contribution in [1.29, 1.82) is 0 Å². The number of aryl methyl sites for hydroxylation is 2. The number of aromatic nitrogens is 6. The predicted octanol–water partition coefficient (Wildman–Crippen LogP) is 2.77. The maximum absolute atomic E-state index is 12.8. The first-order valence-electron chi connectivity index (χ1n) is 9.68. The van der Waals surface area contributed by atoms with E-state index in [9.17, 15) is 4.79 Å². The number of nitrogens with one attached hydrogen (secondary N) is 1. The van der Waals surface area contributed by atoms with Crippen LogP contribution in [0.2, 0.25) is 0 Å². The van der Waals surface area contributed by atoms with Gasteiger partial charge in [-0.25, -0.2) is 9.97 Å². The second-order valence-corrected chi connectivity index (χ2v) is 8.68. The minimum atomic E-state index is -0.0733. The lowest BCUT2D eigenvalue weighted by Crippen LogP contribution is -2.29. The van der Waals surface area contributed by atoms with Gasteiger partial charge in [-0.3, -0.25) is 9.69 Å². The van der Waals surface area contributed by atoms with Crippen molar-refractivity contribution in [1.82, 2.24) is 35.5 Å². The van der Waals surface area contributed by atoms with Gasteiger partial charge in [-0.05, 0) is 37.5 Å². The molecule has 0 bridgehead atoms. The van der Waals surface area contributed by atoms with Crippen LogP contribution in [0.5, 0.6) is 0 Å². The molecule has 3 N–H and O–H groups in total. The van der Waals surface area contributed by atoms with Gasteiger partial charge in [0.05, 0.1) is 4.91 Å².